The Kier molecular flexibility index (Phi) is 4.84. The molecule has 0 aromatic heterocycles. The number of benzene rings is 1. The summed E-state index contributed by atoms with van der Waals surface area (Å²) in [6, 6.07) is 7.91. The number of carbonyl (C=O) groups is 1. The van der Waals surface area contributed by atoms with Crippen LogP contribution in [0.25, 0.3) is 0 Å². The molecule has 2 N–H and O–H groups in total. The van der Waals surface area contributed by atoms with Gasteiger partial charge in [-0.3, -0.25) is 10.1 Å². The highest BCUT2D eigenvalue weighted by Gasteiger charge is 2.45. The molecule has 0 aliphatic carbocycles. The van der Waals surface area contributed by atoms with E-state index in [9.17, 15) is 9.90 Å². The largest absolute Gasteiger partial charge is 0.480 e. The lowest BCUT2D eigenvalue weighted by atomic mass is 10.0. The minimum atomic E-state index is -0.783. The molecule has 1 unspecified atom stereocenters. The van der Waals surface area contributed by atoms with E-state index in [-0.39, 0.29) is 10.1 Å². The Balaban J connectivity index is 2.15. The van der Waals surface area contributed by atoms with E-state index in [0.717, 1.165) is 18.7 Å². The van der Waals surface area contributed by atoms with Gasteiger partial charge < -0.3 is 10.0 Å². The van der Waals surface area contributed by atoms with Crippen LogP contribution in [-0.4, -0.2) is 35.0 Å². The Morgan fingerprint density at radius 1 is 1.29 bits per heavy atom. The van der Waals surface area contributed by atoms with Crippen molar-refractivity contribution in [1.29, 1.82) is 0 Å². The summed E-state index contributed by atoms with van der Waals surface area (Å²) in [5.74, 6) is -0.783. The van der Waals surface area contributed by atoms with Crippen LogP contribution in [0.5, 0.6) is 0 Å². The number of rotatable bonds is 5. The van der Waals surface area contributed by atoms with Gasteiger partial charge in [0.2, 0.25) is 0 Å². The summed E-state index contributed by atoms with van der Waals surface area (Å²) in [6.07, 6.45) is 0. The molecule has 1 fully saturated rings. The van der Waals surface area contributed by atoms with E-state index >= 15 is 0 Å². The molecule has 1 aliphatic rings. The molecule has 1 heterocycles. The zero-order valence-electron chi connectivity index (χ0n) is 13.1. The van der Waals surface area contributed by atoms with Gasteiger partial charge in [0.1, 0.15) is 6.04 Å². The third-order valence-corrected chi connectivity index (χ3v) is 5.49. The van der Waals surface area contributed by atoms with Gasteiger partial charge >= 0.3 is 5.97 Å². The molecule has 0 spiro atoms. The Morgan fingerprint density at radius 3 is 2.29 bits per heavy atom. The number of carboxylic acid groups (broad SMARTS) is 1. The molecule has 2 atom stereocenters. The lowest BCUT2D eigenvalue weighted by Crippen LogP contribution is -2.43. The smallest absolute Gasteiger partial charge is 0.322 e. The van der Waals surface area contributed by atoms with Crippen LogP contribution in [0.15, 0.2) is 24.3 Å². The minimum absolute atomic E-state index is 0.0341. The monoisotopic (exact) mass is 308 g/mol. The van der Waals surface area contributed by atoms with E-state index in [1.807, 2.05) is 13.8 Å². The molecule has 0 radical (unpaired) electrons. The van der Waals surface area contributed by atoms with E-state index in [4.69, 9.17) is 0 Å². The van der Waals surface area contributed by atoms with Gasteiger partial charge in [-0.05, 0) is 45.4 Å². The molecule has 0 saturated carbocycles. The maximum absolute atomic E-state index is 11.3. The highest BCUT2D eigenvalue weighted by molar-refractivity contribution is 8.01. The van der Waals surface area contributed by atoms with Crippen LogP contribution in [0.4, 0.5) is 5.69 Å². The van der Waals surface area contributed by atoms with Crippen molar-refractivity contribution in [3.8, 4) is 0 Å². The van der Waals surface area contributed by atoms with Crippen LogP contribution >= 0.6 is 11.8 Å². The Bertz CT molecular complexity index is 498. The first kappa shape index (κ1) is 16.2. The van der Waals surface area contributed by atoms with Crippen LogP contribution in [0.2, 0.25) is 0 Å². The summed E-state index contributed by atoms with van der Waals surface area (Å²) in [5, 5.41) is 12.6. The molecular weight excluding hydrogens is 284 g/mol. The molecule has 1 aromatic carbocycles. The van der Waals surface area contributed by atoms with Crippen molar-refractivity contribution >= 4 is 23.4 Å². The normalized spacial score (nSPS) is 24.0. The van der Waals surface area contributed by atoms with Gasteiger partial charge in [-0.25, -0.2) is 0 Å². The second kappa shape index (κ2) is 6.28. The van der Waals surface area contributed by atoms with E-state index < -0.39 is 12.0 Å². The number of thioether (sulfide) groups is 1. The second-order valence-electron chi connectivity index (χ2n) is 5.80. The fraction of sp³-hybridized carbons (Fsp3) is 0.562. The summed E-state index contributed by atoms with van der Waals surface area (Å²) >= 11 is 1.68. The number of nitrogens with one attached hydrogen (secondary N) is 1. The van der Waals surface area contributed by atoms with Crippen molar-refractivity contribution in [1.82, 2.24) is 5.32 Å². The average molecular weight is 308 g/mol. The SMILES string of the molecule is CCN(CC)c1ccc(C2N[C@@H](C(=O)O)C(C)(C)S2)cc1. The molecule has 5 heteroatoms. The van der Waals surface area contributed by atoms with Crippen LogP contribution in [0, 0.1) is 0 Å². The maximum atomic E-state index is 11.3. The van der Waals surface area contributed by atoms with Crippen molar-refractivity contribution in [3.05, 3.63) is 29.8 Å². The fourth-order valence-electron chi connectivity index (χ4n) is 2.74. The van der Waals surface area contributed by atoms with Crippen LogP contribution < -0.4 is 10.2 Å². The van der Waals surface area contributed by atoms with Crippen molar-refractivity contribution in [2.24, 2.45) is 0 Å². The van der Waals surface area contributed by atoms with E-state index in [1.54, 1.807) is 11.8 Å². The summed E-state index contributed by atoms with van der Waals surface area (Å²) in [7, 11) is 0. The predicted molar refractivity (Wildman–Crippen MR) is 89.0 cm³/mol. The number of carboxylic acids is 1. The lowest BCUT2D eigenvalue weighted by molar-refractivity contribution is -0.139. The molecule has 1 saturated heterocycles. The first-order valence-electron chi connectivity index (χ1n) is 7.40. The van der Waals surface area contributed by atoms with Crippen molar-refractivity contribution in [3.63, 3.8) is 0 Å². The van der Waals surface area contributed by atoms with Crippen molar-refractivity contribution in [2.75, 3.05) is 18.0 Å². The second-order valence-corrected chi connectivity index (χ2v) is 7.56. The van der Waals surface area contributed by atoms with E-state index in [0.29, 0.717) is 0 Å². The van der Waals surface area contributed by atoms with Crippen LogP contribution in [-0.2, 0) is 4.79 Å². The van der Waals surface area contributed by atoms with Gasteiger partial charge in [-0.1, -0.05) is 12.1 Å². The van der Waals surface area contributed by atoms with Crippen LogP contribution in [0.1, 0.15) is 38.6 Å². The molecule has 1 aromatic rings. The van der Waals surface area contributed by atoms with Gasteiger partial charge in [0, 0.05) is 23.5 Å². The first-order chi connectivity index (χ1) is 9.89. The standard InChI is InChI=1S/C16H24N2O2S/c1-5-18(6-2)12-9-7-11(8-10-12)14-17-13(15(19)20)16(3,4)21-14/h7-10,13-14,17H,5-6H2,1-4H3,(H,19,20)/t13-,14?/m0/s1. The van der Waals surface area contributed by atoms with Gasteiger partial charge in [-0.2, -0.15) is 0 Å². The number of nitrogens with zero attached hydrogens (tertiary/aromatic N) is 1. The zero-order chi connectivity index (χ0) is 15.6. The first-order valence-corrected chi connectivity index (χ1v) is 8.28. The van der Waals surface area contributed by atoms with Gasteiger partial charge in [0.05, 0.1) is 5.37 Å². The molecule has 0 amide bonds. The molecule has 4 nitrogen and oxygen atoms in total. The van der Waals surface area contributed by atoms with E-state index in [1.165, 1.54) is 5.69 Å². The minimum Gasteiger partial charge on any atom is -0.480 e. The van der Waals surface area contributed by atoms with Crippen LogP contribution in [0.3, 0.4) is 0 Å². The molecule has 21 heavy (non-hydrogen) atoms. The summed E-state index contributed by atoms with van der Waals surface area (Å²) < 4.78 is -0.311. The predicted octanol–water partition coefficient (Wildman–Crippen LogP) is 3.10. The topological polar surface area (TPSA) is 52.6 Å². The number of hydrogen-bond donors (Lipinski definition) is 2. The van der Waals surface area contributed by atoms with Crippen molar-refractivity contribution in [2.45, 2.75) is 43.9 Å². The van der Waals surface area contributed by atoms with Crippen molar-refractivity contribution < 1.29 is 9.90 Å². The van der Waals surface area contributed by atoms with E-state index in [2.05, 4.69) is 48.3 Å². The lowest BCUT2D eigenvalue weighted by Gasteiger charge is -2.22. The quantitative estimate of drug-likeness (QED) is 0.875. The zero-order valence-corrected chi connectivity index (χ0v) is 13.9. The van der Waals surface area contributed by atoms with Gasteiger partial charge in [0.25, 0.3) is 0 Å². The third kappa shape index (κ3) is 3.35. The number of aliphatic carboxylic acids is 1. The molecular formula is C16H24N2O2S. The van der Waals surface area contributed by atoms with Gasteiger partial charge in [0.15, 0.2) is 0 Å². The average Bonchev–Trinajstić information content (AvgIpc) is 2.77. The summed E-state index contributed by atoms with van der Waals surface area (Å²) in [6.45, 7) is 10.2. The maximum Gasteiger partial charge on any atom is 0.322 e. The third-order valence-electron chi connectivity index (χ3n) is 4.01. The summed E-state index contributed by atoms with van der Waals surface area (Å²) in [4.78, 5) is 13.6. The molecule has 1 aliphatic heterocycles. The Labute approximate surface area is 130 Å². The molecule has 0 bridgehead atoms. The highest BCUT2D eigenvalue weighted by Crippen LogP contribution is 2.45. The molecule has 116 valence electrons. The fourth-order valence-corrected chi connectivity index (χ4v) is 4.15. The Hall–Kier alpha value is -1.20. The van der Waals surface area contributed by atoms with Gasteiger partial charge in [-0.15, -0.1) is 11.8 Å². The number of hydrogen-bond acceptors (Lipinski definition) is 4. The summed E-state index contributed by atoms with van der Waals surface area (Å²) in [5.41, 5.74) is 2.34. The highest BCUT2D eigenvalue weighted by atomic mass is 32.2. The Morgan fingerprint density at radius 2 is 1.86 bits per heavy atom. The number of anilines is 1. The molecule has 2 rings (SSSR count).